The van der Waals surface area contributed by atoms with Gasteiger partial charge in [0.2, 0.25) is 0 Å². The Balaban J connectivity index is 2.45. The normalized spacial score (nSPS) is 12.1. The average Bonchev–Trinajstić information content (AvgIpc) is 2.89. The van der Waals surface area contributed by atoms with E-state index in [0.717, 1.165) is 17.6 Å². The van der Waals surface area contributed by atoms with Gasteiger partial charge >= 0.3 is 0 Å². The number of aromatic amines is 1. The Bertz CT molecular complexity index is 912. The number of nitrogens with zero attached hydrogens (tertiary/aromatic N) is 1. The van der Waals surface area contributed by atoms with Crippen molar-refractivity contribution >= 4 is 37.2 Å². The molecule has 3 aromatic rings. The molecular formula is C12H10FN3O2S2. The molecule has 0 spiro atoms. The monoisotopic (exact) mass is 311 g/mol. The van der Waals surface area contributed by atoms with Crippen LogP contribution in [0.5, 0.6) is 0 Å². The maximum absolute atomic E-state index is 13.4. The smallest absolute Gasteiger partial charge is 0.185 e. The summed E-state index contributed by atoms with van der Waals surface area (Å²) in [6.45, 7) is 0. The fourth-order valence-corrected chi connectivity index (χ4v) is 4.40. The van der Waals surface area contributed by atoms with Crippen LogP contribution in [0.25, 0.3) is 21.3 Å². The maximum Gasteiger partial charge on any atom is 0.185 e. The topological polar surface area (TPSA) is 88.8 Å². The minimum Gasteiger partial charge on any atom is -0.384 e. The molecule has 0 aliphatic heterocycles. The molecule has 0 aliphatic rings. The van der Waals surface area contributed by atoms with Crippen molar-refractivity contribution < 1.29 is 12.8 Å². The van der Waals surface area contributed by atoms with Gasteiger partial charge in [-0.15, -0.1) is 11.3 Å². The average molecular weight is 311 g/mol. The highest BCUT2D eigenvalue weighted by Gasteiger charge is 2.24. The first-order chi connectivity index (χ1) is 9.38. The van der Waals surface area contributed by atoms with Crippen molar-refractivity contribution in [2.75, 3.05) is 12.0 Å². The largest absolute Gasteiger partial charge is 0.384 e. The number of nitrogen functional groups attached to an aromatic ring is 1. The summed E-state index contributed by atoms with van der Waals surface area (Å²) in [6, 6.07) is 5.75. The molecule has 1 aromatic carbocycles. The SMILES string of the molecule is CS(=O)(=O)c1sc2n[nH]c(N)c2c1-c1cccc(F)c1. The predicted molar refractivity (Wildman–Crippen MR) is 76.9 cm³/mol. The molecule has 0 bridgehead atoms. The van der Waals surface area contributed by atoms with E-state index in [4.69, 9.17) is 5.73 Å². The van der Waals surface area contributed by atoms with E-state index in [1.807, 2.05) is 0 Å². The quantitative estimate of drug-likeness (QED) is 0.760. The van der Waals surface area contributed by atoms with Crippen LogP contribution in [0.4, 0.5) is 10.2 Å². The number of rotatable bonds is 2. The summed E-state index contributed by atoms with van der Waals surface area (Å²) in [6.07, 6.45) is 1.11. The van der Waals surface area contributed by atoms with Crippen LogP contribution in [0.15, 0.2) is 28.5 Å². The lowest BCUT2D eigenvalue weighted by molar-refractivity contribution is 0.604. The van der Waals surface area contributed by atoms with Gasteiger partial charge in [-0.05, 0) is 17.7 Å². The molecule has 2 aromatic heterocycles. The summed E-state index contributed by atoms with van der Waals surface area (Å²) >= 11 is 1.02. The minimum absolute atomic E-state index is 0.140. The van der Waals surface area contributed by atoms with Crippen molar-refractivity contribution in [3.05, 3.63) is 30.1 Å². The molecular weight excluding hydrogens is 301 g/mol. The van der Waals surface area contributed by atoms with Crippen molar-refractivity contribution in [2.45, 2.75) is 4.21 Å². The number of nitrogens with one attached hydrogen (secondary N) is 1. The first-order valence-corrected chi connectivity index (χ1v) is 8.31. The van der Waals surface area contributed by atoms with Crippen LogP contribution in [0.2, 0.25) is 0 Å². The molecule has 8 heteroatoms. The van der Waals surface area contributed by atoms with Crippen LogP contribution in [-0.2, 0) is 9.84 Å². The van der Waals surface area contributed by atoms with E-state index in [-0.39, 0.29) is 10.0 Å². The standard InChI is InChI=1S/C12H10FN3O2S2/c1-20(17,18)12-8(6-3-2-4-7(13)5-6)9-10(14)15-16-11(9)19-12/h2-5H,1H3,(H3,14,15,16). The van der Waals surface area contributed by atoms with Crippen LogP contribution in [0.3, 0.4) is 0 Å². The number of sulfone groups is 1. The van der Waals surface area contributed by atoms with E-state index in [1.54, 1.807) is 6.07 Å². The Hall–Kier alpha value is -1.93. The molecule has 3 N–H and O–H groups in total. The Morgan fingerprint density at radius 3 is 2.80 bits per heavy atom. The van der Waals surface area contributed by atoms with Crippen LogP contribution in [0, 0.1) is 5.82 Å². The molecule has 0 saturated carbocycles. The lowest BCUT2D eigenvalue weighted by Crippen LogP contribution is -1.97. The van der Waals surface area contributed by atoms with Gasteiger partial charge in [-0.2, -0.15) is 5.10 Å². The molecule has 0 unspecified atom stereocenters. The molecule has 5 nitrogen and oxygen atoms in total. The lowest BCUT2D eigenvalue weighted by atomic mass is 10.1. The molecule has 104 valence electrons. The Labute approximate surface area is 118 Å². The molecule has 0 radical (unpaired) electrons. The summed E-state index contributed by atoms with van der Waals surface area (Å²) in [5.41, 5.74) is 6.67. The molecule has 0 fully saturated rings. The predicted octanol–water partition coefficient (Wildman–Crippen LogP) is 2.42. The molecule has 0 amide bonds. The summed E-state index contributed by atoms with van der Waals surface area (Å²) < 4.78 is 37.4. The lowest BCUT2D eigenvalue weighted by Gasteiger charge is -2.04. The molecule has 3 rings (SSSR count). The zero-order valence-corrected chi connectivity index (χ0v) is 12.0. The highest BCUT2D eigenvalue weighted by molar-refractivity contribution is 7.93. The van der Waals surface area contributed by atoms with Gasteiger partial charge in [0.25, 0.3) is 0 Å². The van der Waals surface area contributed by atoms with E-state index in [0.29, 0.717) is 21.3 Å². The zero-order valence-electron chi connectivity index (χ0n) is 10.3. The molecule has 2 heterocycles. The van der Waals surface area contributed by atoms with Crippen LogP contribution >= 0.6 is 11.3 Å². The Morgan fingerprint density at radius 1 is 1.40 bits per heavy atom. The van der Waals surface area contributed by atoms with E-state index in [1.165, 1.54) is 18.2 Å². The number of anilines is 1. The molecule has 0 saturated heterocycles. The zero-order chi connectivity index (χ0) is 14.5. The van der Waals surface area contributed by atoms with Crippen molar-refractivity contribution in [3.8, 4) is 11.1 Å². The number of hydrogen-bond donors (Lipinski definition) is 2. The van der Waals surface area contributed by atoms with E-state index >= 15 is 0 Å². The third-order valence-corrected chi connectivity index (χ3v) is 5.77. The second-order valence-electron chi connectivity index (χ2n) is 4.36. The summed E-state index contributed by atoms with van der Waals surface area (Å²) in [5.74, 6) is -0.172. The number of hydrogen-bond acceptors (Lipinski definition) is 5. The van der Waals surface area contributed by atoms with E-state index in [9.17, 15) is 12.8 Å². The summed E-state index contributed by atoms with van der Waals surface area (Å²) in [4.78, 5) is 0.488. The third-order valence-electron chi connectivity index (χ3n) is 2.85. The van der Waals surface area contributed by atoms with Crippen molar-refractivity contribution in [1.82, 2.24) is 10.2 Å². The molecule has 0 atom stereocenters. The number of fused-ring (bicyclic) bond motifs is 1. The van der Waals surface area contributed by atoms with E-state index < -0.39 is 15.7 Å². The maximum atomic E-state index is 13.4. The first-order valence-electron chi connectivity index (χ1n) is 5.60. The Morgan fingerprint density at radius 2 is 2.15 bits per heavy atom. The van der Waals surface area contributed by atoms with Crippen LogP contribution < -0.4 is 5.73 Å². The number of halogens is 1. The number of thiophene rings is 1. The van der Waals surface area contributed by atoms with Gasteiger partial charge in [-0.3, -0.25) is 5.10 Å². The minimum atomic E-state index is -3.46. The fraction of sp³-hybridized carbons (Fsp3) is 0.0833. The second-order valence-corrected chi connectivity index (χ2v) is 7.57. The number of aromatic nitrogens is 2. The first kappa shape index (κ1) is 13.1. The van der Waals surface area contributed by atoms with Crippen molar-refractivity contribution in [3.63, 3.8) is 0 Å². The highest BCUT2D eigenvalue weighted by Crippen LogP contribution is 2.42. The van der Waals surface area contributed by atoms with Gasteiger partial charge in [-0.25, -0.2) is 12.8 Å². The van der Waals surface area contributed by atoms with Gasteiger partial charge in [0, 0.05) is 11.8 Å². The molecule has 0 aliphatic carbocycles. The summed E-state index contributed by atoms with van der Waals surface area (Å²) in [5, 5.41) is 7.10. The van der Waals surface area contributed by atoms with Gasteiger partial charge in [0.05, 0.1) is 5.39 Å². The van der Waals surface area contributed by atoms with Crippen molar-refractivity contribution in [2.24, 2.45) is 0 Å². The van der Waals surface area contributed by atoms with Gasteiger partial charge in [0.15, 0.2) is 9.84 Å². The highest BCUT2D eigenvalue weighted by atomic mass is 32.2. The number of H-pyrrole nitrogens is 1. The number of benzene rings is 1. The fourth-order valence-electron chi connectivity index (χ4n) is 2.06. The Kier molecular flexibility index (Phi) is 2.80. The van der Waals surface area contributed by atoms with Crippen molar-refractivity contribution in [1.29, 1.82) is 0 Å². The van der Waals surface area contributed by atoms with Gasteiger partial charge in [0.1, 0.15) is 20.7 Å². The van der Waals surface area contributed by atoms with Gasteiger partial charge in [-0.1, -0.05) is 12.1 Å². The number of nitrogens with two attached hydrogens (primary N) is 1. The van der Waals surface area contributed by atoms with E-state index in [2.05, 4.69) is 10.2 Å². The molecule has 20 heavy (non-hydrogen) atoms. The third kappa shape index (κ3) is 1.97. The van der Waals surface area contributed by atoms with Crippen LogP contribution in [-0.4, -0.2) is 24.9 Å². The van der Waals surface area contributed by atoms with Crippen LogP contribution in [0.1, 0.15) is 0 Å². The summed E-state index contributed by atoms with van der Waals surface area (Å²) in [7, 11) is -3.46. The van der Waals surface area contributed by atoms with Gasteiger partial charge < -0.3 is 5.73 Å². The second kappa shape index (κ2) is 4.29.